The molecule has 0 bridgehead atoms. The van der Waals surface area contributed by atoms with E-state index in [4.69, 9.17) is 0 Å². The maximum atomic E-state index is 12.9. The quantitative estimate of drug-likeness (QED) is 0.784. The number of alkyl halides is 4. The number of hydrogen-bond acceptors (Lipinski definition) is 1. The monoisotopic (exact) mass is 329 g/mol. The zero-order valence-electron chi connectivity index (χ0n) is 10.4. The van der Waals surface area contributed by atoms with Gasteiger partial charge in [-0.2, -0.15) is 13.2 Å². The molecular weight excluding hydrogens is 311 g/mol. The summed E-state index contributed by atoms with van der Waals surface area (Å²) < 4.78 is 38.6. The van der Waals surface area contributed by atoms with E-state index in [1.807, 2.05) is 6.92 Å². The second kappa shape index (κ2) is 6.78. The second-order valence-electron chi connectivity index (χ2n) is 4.81. The topological polar surface area (TPSA) is 29.1 Å². The molecule has 106 valence electrons. The van der Waals surface area contributed by atoms with Crippen molar-refractivity contribution < 1.29 is 18.0 Å². The lowest BCUT2D eigenvalue weighted by molar-refractivity contribution is -0.198. The summed E-state index contributed by atoms with van der Waals surface area (Å²) in [7, 11) is 0. The predicted octanol–water partition coefficient (Wildman–Crippen LogP) is 3.64. The maximum absolute atomic E-state index is 12.9. The van der Waals surface area contributed by atoms with Crippen molar-refractivity contribution in [3.63, 3.8) is 0 Å². The first kappa shape index (κ1) is 15.8. The summed E-state index contributed by atoms with van der Waals surface area (Å²) in [6.07, 6.45) is -1.88. The van der Waals surface area contributed by atoms with E-state index in [0.717, 1.165) is 0 Å². The van der Waals surface area contributed by atoms with Crippen LogP contribution in [0.1, 0.15) is 39.0 Å². The molecular formula is C12H19BrF3NO. The minimum Gasteiger partial charge on any atom is -0.352 e. The van der Waals surface area contributed by atoms with Gasteiger partial charge in [0, 0.05) is 17.3 Å². The van der Waals surface area contributed by atoms with Gasteiger partial charge in [-0.25, -0.2) is 0 Å². The Morgan fingerprint density at radius 1 is 1.39 bits per heavy atom. The van der Waals surface area contributed by atoms with Gasteiger partial charge in [-0.3, -0.25) is 4.79 Å². The molecule has 6 heteroatoms. The molecule has 0 heterocycles. The van der Waals surface area contributed by atoms with Crippen LogP contribution in [0.5, 0.6) is 0 Å². The van der Waals surface area contributed by atoms with Gasteiger partial charge in [-0.15, -0.1) is 0 Å². The molecule has 3 unspecified atom stereocenters. The van der Waals surface area contributed by atoms with E-state index in [9.17, 15) is 18.0 Å². The third-order valence-electron chi connectivity index (χ3n) is 3.55. The third-order valence-corrected chi connectivity index (χ3v) is 4.33. The lowest BCUT2D eigenvalue weighted by Gasteiger charge is -2.32. The van der Waals surface area contributed by atoms with Gasteiger partial charge in [-0.05, 0) is 19.3 Å². The molecule has 1 fully saturated rings. The summed E-state index contributed by atoms with van der Waals surface area (Å²) in [5.74, 6) is -2.82. The van der Waals surface area contributed by atoms with Gasteiger partial charge in [0.15, 0.2) is 0 Å². The molecule has 0 aromatic rings. The second-order valence-corrected chi connectivity index (χ2v) is 5.45. The summed E-state index contributed by atoms with van der Waals surface area (Å²) in [4.78, 5) is 12.0. The average molecular weight is 330 g/mol. The first-order valence-electron chi connectivity index (χ1n) is 6.33. The van der Waals surface area contributed by atoms with Crippen LogP contribution >= 0.6 is 15.9 Å². The van der Waals surface area contributed by atoms with E-state index in [-0.39, 0.29) is 12.5 Å². The molecule has 0 aliphatic heterocycles. The van der Waals surface area contributed by atoms with Crippen LogP contribution in [0.25, 0.3) is 0 Å². The highest BCUT2D eigenvalue weighted by Gasteiger charge is 2.48. The van der Waals surface area contributed by atoms with Gasteiger partial charge in [0.1, 0.15) is 0 Å². The van der Waals surface area contributed by atoms with Crippen LogP contribution in [0, 0.1) is 11.8 Å². The minimum atomic E-state index is -4.27. The van der Waals surface area contributed by atoms with Gasteiger partial charge in [0.05, 0.1) is 5.92 Å². The van der Waals surface area contributed by atoms with Gasteiger partial charge in [0.2, 0.25) is 5.91 Å². The van der Waals surface area contributed by atoms with E-state index >= 15 is 0 Å². The maximum Gasteiger partial charge on any atom is 0.392 e. The van der Waals surface area contributed by atoms with Crippen LogP contribution in [0.4, 0.5) is 13.2 Å². The van der Waals surface area contributed by atoms with Gasteiger partial charge in [0.25, 0.3) is 0 Å². The average Bonchev–Trinajstić information content (AvgIpc) is 2.34. The summed E-state index contributed by atoms with van der Waals surface area (Å²) >= 11 is 3.25. The number of carbonyl (C=O) groups is 1. The Morgan fingerprint density at radius 3 is 2.50 bits per heavy atom. The number of hydrogen-bond donors (Lipinski definition) is 1. The predicted molar refractivity (Wildman–Crippen MR) is 67.5 cm³/mol. The fourth-order valence-electron chi connectivity index (χ4n) is 2.39. The molecule has 1 aliphatic carbocycles. The molecule has 1 rings (SSSR count). The molecule has 0 saturated heterocycles. The highest BCUT2D eigenvalue weighted by molar-refractivity contribution is 9.09. The Balaban J connectivity index is 2.68. The highest BCUT2D eigenvalue weighted by Crippen LogP contribution is 2.41. The fraction of sp³-hybridized carbons (Fsp3) is 0.917. The molecule has 1 amide bonds. The summed E-state index contributed by atoms with van der Waals surface area (Å²) in [5, 5.41) is 3.27. The summed E-state index contributed by atoms with van der Waals surface area (Å²) in [5.41, 5.74) is 0. The summed E-state index contributed by atoms with van der Waals surface area (Å²) in [6.45, 7) is 1.90. The van der Waals surface area contributed by atoms with Gasteiger partial charge < -0.3 is 5.32 Å². The first-order valence-corrected chi connectivity index (χ1v) is 7.45. The first-order chi connectivity index (χ1) is 8.40. The van der Waals surface area contributed by atoms with Crippen LogP contribution < -0.4 is 5.32 Å². The van der Waals surface area contributed by atoms with Gasteiger partial charge in [-0.1, -0.05) is 35.7 Å². The zero-order chi connectivity index (χ0) is 13.8. The van der Waals surface area contributed by atoms with Crippen LogP contribution in [0.15, 0.2) is 0 Å². The van der Waals surface area contributed by atoms with E-state index in [0.29, 0.717) is 31.0 Å². The Hall–Kier alpha value is -0.260. The molecule has 0 aromatic carbocycles. The Morgan fingerprint density at radius 2 is 2.00 bits per heavy atom. The molecule has 0 spiro atoms. The van der Waals surface area contributed by atoms with Crippen LogP contribution in [-0.2, 0) is 4.79 Å². The molecule has 1 aliphatic rings. The van der Waals surface area contributed by atoms with Crippen LogP contribution in [0.3, 0.4) is 0 Å². The minimum absolute atomic E-state index is 0.0761. The smallest absolute Gasteiger partial charge is 0.352 e. The van der Waals surface area contributed by atoms with E-state index in [1.165, 1.54) is 0 Å². The third kappa shape index (κ3) is 4.14. The molecule has 1 N–H and O–H groups in total. The van der Waals surface area contributed by atoms with Crippen molar-refractivity contribution in [3.8, 4) is 0 Å². The molecule has 1 saturated carbocycles. The van der Waals surface area contributed by atoms with Crippen molar-refractivity contribution in [1.82, 2.24) is 5.32 Å². The van der Waals surface area contributed by atoms with E-state index in [1.54, 1.807) is 0 Å². The van der Waals surface area contributed by atoms with Crippen LogP contribution in [-0.4, -0.2) is 23.5 Å². The SMILES string of the molecule is CCC(CBr)NC(=O)C1CCCCC1C(F)(F)F. The van der Waals surface area contributed by atoms with Crippen molar-refractivity contribution in [1.29, 1.82) is 0 Å². The molecule has 0 radical (unpaired) electrons. The molecule has 2 nitrogen and oxygen atoms in total. The van der Waals surface area contributed by atoms with Crippen molar-refractivity contribution >= 4 is 21.8 Å². The Bertz CT molecular complexity index is 279. The number of halogens is 4. The van der Waals surface area contributed by atoms with Crippen molar-refractivity contribution in [2.75, 3.05) is 5.33 Å². The normalized spacial score (nSPS) is 26.7. The van der Waals surface area contributed by atoms with Crippen molar-refractivity contribution in [2.45, 2.75) is 51.2 Å². The van der Waals surface area contributed by atoms with Crippen LogP contribution in [0.2, 0.25) is 0 Å². The van der Waals surface area contributed by atoms with E-state index in [2.05, 4.69) is 21.2 Å². The number of nitrogens with one attached hydrogen (secondary N) is 1. The lowest BCUT2D eigenvalue weighted by atomic mass is 9.78. The molecule has 0 aromatic heterocycles. The standard InChI is InChI=1S/C12H19BrF3NO/c1-2-8(7-13)17-11(18)9-5-3-4-6-10(9)12(14,15)16/h8-10H,2-7H2,1H3,(H,17,18). The lowest BCUT2D eigenvalue weighted by Crippen LogP contribution is -2.46. The molecule has 3 atom stereocenters. The Kier molecular flexibility index (Phi) is 5.95. The largest absolute Gasteiger partial charge is 0.392 e. The van der Waals surface area contributed by atoms with Crippen molar-refractivity contribution in [2.24, 2.45) is 11.8 Å². The van der Waals surface area contributed by atoms with Crippen molar-refractivity contribution in [3.05, 3.63) is 0 Å². The van der Waals surface area contributed by atoms with Gasteiger partial charge >= 0.3 is 6.18 Å². The summed E-state index contributed by atoms with van der Waals surface area (Å²) in [6, 6.07) is -0.0895. The molecule has 18 heavy (non-hydrogen) atoms. The zero-order valence-corrected chi connectivity index (χ0v) is 12.0. The Labute approximate surface area is 114 Å². The number of rotatable bonds is 4. The van der Waals surface area contributed by atoms with E-state index < -0.39 is 23.9 Å². The highest BCUT2D eigenvalue weighted by atomic mass is 79.9. The number of carbonyl (C=O) groups excluding carboxylic acids is 1. The fourth-order valence-corrected chi connectivity index (χ4v) is 3.01. The number of amides is 1.